The summed E-state index contributed by atoms with van der Waals surface area (Å²) in [5.74, 6) is -1.13. The molecule has 2 aliphatic rings. The Bertz CT molecular complexity index is 774. The van der Waals surface area contributed by atoms with E-state index < -0.39 is 5.82 Å². The number of halogens is 1. The first kappa shape index (κ1) is 17.3. The fraction of sp³-hybridized carbons (Fsp3) is 0.381. The van der Waals surface area contributed by atoms with Crippen LogP contribution in [0.5, 0.6) is 0 Å². The van der Waals surface area contributed by atoms with E-state index in [1.165, 1.54) is 12.1 Å². The Morgan fingerprint density at radius 3 is 2.31 bits per heavy atom. The number of nitrogens with zero attached hydrogens (tertiary/aromatic N) is 1. The summed E-state index contributed by atoms with van der Waals surface area (Å²) in [6.07, 6.45) is 1.77. The Hall–Kier alpha value is -2.08. The SMILES string of the molecule is O=C(c1ccc(CN2CCC3(CC2)OCCO3)cc1)c1ccccc1F. The molecule has 2 saturated heterocycles. The number of hydrogen-bond donors (Lipinski definition) is 0. The van der Waals surface area contributed by atoms with E-state index in [0.29, 0.717) is 18.8 Å². The molecule has 2 aromatic rings. The Morgan fingerprint density at radius 1 is 1.00 bits per heavy atom. The molecule has 1 spiro atoms. The highest BCUT2D eigenvalue weighted by Gasteiger charge is 2.39. The lowest BCUT2D eigenvalue weighted by molar-refractivity contribution is -0.185. The summed E-state index contributed by atoms with van der Waals surface area (Å²) in [5.41, 5.74) is 1.75. The molecule has 4 rings (SSSR count). The van der Waals surface area contributed by atoms with E-state index in [4.69, 9.17) is 9.47 Å². The van der Waals surface area contributed by atoms with Crippen LogP contribution in [0.25, 0.3) is 0 Å². The predicted octanol–water partition coefficient (Wildman–Crippen LogP) is 3.40. The maximum Gasteiger partial charge on any atom is 0.195 e. The van der Waals surface area contributed by atoms with Gasteiger partial charge in [0, 0.05) is 38.0 Å². The monoisotopic (exact) mass is 355 g/mol. The summed E-state index contributed by atoms with van der Waals surface area (Å²) < 4.78 is 25.3. The molecule has 2 heterocycles. The molecule has 26 heavy (non-hydrogen) atoms. The van der Waals surface area contributed by atoms with Gasteiger partial charge in [0.15, 0.2) is 11.6 Å². The summed E-state index contributed by atoms with van der Waals surface area (Å²) in [7, 11) is 0. The van der Waals surface area contributed by atoms with Crippen LogP contribution in [-0.2, 0) is 16.0 Å². The highest BCUT2D eigenvalue weighted by atomic mass is 19.1. The molecule has 136 valence electrons. The fourth-order valence-electron chi connectivity index (χ4n) is 3.66. The van der Waals surface area contributed by atoms with Gasteiger partial charge in [-0.1, -0.05) is 36.4 Å². The molecule has 0 radical (unpaired) electrons. The lowest BCUT2D eigenvalue weighted by atomic mass is 10.0. The van der Waals surface area contributed by atoms with Gasteiger partial charge in [0.25, 0.3) is 0 Å². The van der Waals surface area contributed by atoms with Crippen LogP contribution in [0, 0.1) is 5.82 Å². The van der Waals surface area contributed by atoms with E-state index in [1.807, 2.05) is 12.1 Å². The molecule has 0 N–H and O–H groups in total. The summed E-state index contributed by atoms with van der Waals surface area (Å²) in [6, 6.07) is 13.5. The lowest BCUT2D eigenvalue weighted by Gasteiger charge is -2.37. The van der Waals surface area contributed by atoms with Gasteiger partial charge in [-0.25, -0.2) is 4.39 Å². The van der Waals surface area contributed by atoms with Crippen molar-refractivity contribution in [3.8, 4) is 0 Å². The van der Waals surface area contributed by atoms with Crippen LogP contribution in [0.3, 0.4) is 0 Å². The van der Waals surface area contributed by atoms with Crippen molar-refractivity contribution in [2.45, 2.75) is 25.2 Å². The van der Waals surface area contributed by atoms with Gasteiger partial charge in [0.2, 0.25) is 0 Å². The minimum Gasteiger partial charge on any atom is -0.347 e. The summed E-state index contributed by atoms with van der Waals surface area (Å²) in [4.78, 5) is 14.8. The third kappa shape index (κ3) is 3.56. The smallest absolute Gasteiger partial charge is 0.195 e. The average molecular weight is 355 g/mol. The van der Waals surface area contributed by atoms with Crippen molar-refractivity contribution in [2.24, 2.45) is 0 Å². The number of carbonyl (C=O) groups is 1. The molecular formula is C21H22FNO3. The van der Waals surface area contributed by atoms with Crippen LogP contribution in [0.1, 0.15) is 34.3 Å². The van der Waals surface area contributed by atoms with E-state index in [1.54, 1.807) is 24.3 Å². The van der Waals surface area contributed by atoms with Crippen molar-refractivity contribution in [1.29, 1.82) is 0 Å². The number of ether oxygens (including phenoxy) is 2. The van der Waals surface area contributed by atoms with Crippen molar-refractivity contribution < 1.29 is 18.7 Å². The Kier molecular flexibility index (Phi) is 4.85. The van der Waals surface area contributed by atoms with E-state index >= 15 is 0 Å². The molecule has 5 heteroatoms. The maximum atomic E-state index is 13.8. The van der Waals surface area contributed by atoms with E-state index in [9.17, 15) is 9.18 Å². The number of likely N-dealkylation sites (tertiary alicyclic amines) is 1. The zero-order chi connectivity index (χ0) is 18.0. The van der Waals surface area contributed by atoms with Crippen LogP contribution in [0.4, 0.5) is 4.39 Å². The van der Waals surface area contributed by atoms with Gasteiger partial charge in [-0.2, -0.15) is 0 Å². The van der Waals surface area contributed by atoms with E-state index in [-0.39, 0.29) is 17.1 Å². The summed E-state index contributed by atoms with van der Waals surface area (Å²) in [5, 5.41) is 0. The van der Waals surface area contributed by atoms with Gasteiger partial charge in [-0.3, -0.25) is 9.69 Å². The molecular weight excluding hydrogens is 333 g/mol. The first-order chi connectivity index (χ1) is 12.7. The molecule has 2 fully saturated rings. The molecule has 2 aromatic carbocycles. The summed E-state index contributed by atoms with van der Waals surface area (Å²) >= 11 is 0. The van der Waals surface area contributed by atoms with Crippen LogP contribution < -0.4 is 0 Å². The minimum atomic E-state index is -0.486. The fourth-order valence-corrected chi connectivity index (χ4v) is 3.66. The second-order valence-electron chi connectivity index (χ2n) is 6.89. The lowest BCUT2D eigenvalue weighted by Crippen LogP contribution is -2.44. The van der Waals surface area contributed by atoms with Gasteiger partial charge in [0.1, 0.15) is 5.82 Å². The van der Waals surface area contributed by atoms with Crippen LogP contribution in [-0.4, -0.2) is 42.8 Å². The molecule has 0 bridgehead atoms. The molecule has 0 unspecified atom stereocenters. The van der Waals surface area contributed by atoms with Gasteiger partial charge >= 0.3 is 0 Å². The summed E-state index contributed by atoms with van der Waals surface area (Å²) in [6.45, 7) is 4.06. The van der Waals surface area contributed by atoms with Crippen molar-refractivity contribution in [3.63, 3.8) is 0 Å². The van der Waals surface area contributed by atoms with Crippen LogP contribution >= 0.6 is 0 Å². The topological polar surface area (TPSA) is 38.8 Å². The van der Waals surface area contributed by atoms with Crippen LogP contribution in [0.15, 0.2) is 48.5 Å². The zero-order valence-electron chi connectivity index (χ0n) is 14.6. The predicted molar refractivity (Wildman–Crippen MR) is 95.4 cm³/mol. The second kappa shape index (κ2) is 7.27. The third-order valence-electron chi connectivity index (χ3n) is 5.17. The van der Waals surface area contributed by atoms with Crippen molar-refractivity contribution >= 4 is 5.78 Å². The molecule has 0 amide bonds. The van der Waals surface area contributed by atoms with Crippen LogP contribution in [0.2, 0.25) is 0 Å². The zero-order valence-corrected chi connectivity index (χ0v) is 14.6. The number of hydrogen-bond acceptors (Lipinski definition) is 4. The van der Waals surface area contributed by atoms with Gasteiger partial charge < -0.3 is 9.47 Å². The highest BCUT2D eigenvalue weighted by Crippen LogP contribution is 2.31. The third-order valence-corrected chi connectivity index (χ3v) is 5.17. The maximum absolute atomic E-state index is 13.8. The van der Waals surface area contributed by atoms with Gasteiger partial charge in [-0.05, 0) is 17.7 Å². The first-order valence-corrected chi connectivity index (χ1v) is 9.04. The number of piperidine rings is 1. The van der Waals surface area contributed by atoms with Crippen molar-refractivity contribution in [2.75, 3.05) is 26.3 Å². The largest absolute Gasteiger partial charge is 0.347 e. The molecule has 0 atom stereocenters. The molecule has 4 nitrogen and oxygen atoms in total. The Labute approximate surface area is 152 Å². The minimum absolute atomic E-state index is 0.109. The van der Waals surface area contributed by atoms with E-state index in [0.717, 1.165) is 38.0 Å². The van der Waals surface area contributed by atoms with Crippen molar-refractivity contribution in [3.05, 3.63) is 71.0 Å². The number of rotatable bonds is 4. The first-order valence-electron chi connectivity index (χ1n) is 9.04. The molecule has 0 saturated carbocycles. The van der Waals surface area contributed by atoms with E-state index in [2.05, 4.69) is 4.90 Å². The van der Waals surface area contributed by atoms with Gasteiger partial charge in [-0.15, -0.1) is 0 Å². The second-order valence-corrected chi connectivity index (χ2v) is 6.89. The molecule has 0 aliphatic carbocycles. The average Bonchev–Trinajstić information content (AvgIpc) is 3.12. The Balaban J connectivity index is 1.38. The molecule has 0 aromatic heterocycles. The quantitative estimate of drug-likeness (QED) is 0.788. The number of benzene rings is 2. The highest BCUT2D eigenvalue weighted by molar-refractivity contribution is 6.09. The van der Waals surface area contributed by atoms with Gasteiger partial charge in [0.05, 0.1) is 18.8 Å². The number of carbonyl (C=O) groups excluding carboxylic acids is 1. The van der Waals surface area contributed by atoms with Crippen molar-refractivity contribution in [1.82, 2.24) is 4.90 Å². The Morgan fingerprint density at radius 2 is 1.65 bits per heavy atom. The normalized spacial score (nSPS) is 19.7. The standard InChI is InChI=1S/C21H22FNO3/c22-19-4-2-1-3-18(19)20(24)17-7-5-16(6-8-17)15-23-11-9-21(10-12-23)25-13-14-26-21/h1-8H,9-15H2. The number of ketones is 1. The molecule has 2 aliphatic heterocycles.